The van der Waals surface area contributed by atoms with E-state index in [-0.39, 0.29) is 5.41 Å². The van der Waals surface area contributed by atoms with Crippen LogP contribution in [0.15, 0.2) is 24.2 Å². The topological polar surface area (TPSA) is 24.9 Å². The molecule has 2 nitrogen and oxygen atoms in total. The summed E-state index contributed by atoms with van der Waals surface area (Å²) in [6, 6.07) is 0. The standard InChI is InChI=1S/C10H16N2S/c1-4-10(2,8-11-3)7-9-12-5-6-13-9/h4-6,11H,1,7-8H2,2-3H3. The van der Waals surface area contributed by atoms with Crippen molar-refractivity contribution in [3.8, 4) is 0 Å². The highest BCUT2D eigenvalue weighted by Gasteiger charge is 2.20. The van der Waals surface area contributed by atoms with E-state index in [4.69, 9.17) is 0 Å². The van der Waals surface area contributed by atoms with Crippen molar-refractivity contribution in [3.05, 3.63) is 29.2 Å². The van der Waals surface area contributed by atoms with Crippen LogP contribution in [0, 0.1) is 5.41 Å². The largest absolute Gasteiger partial charge is 0.319 e. The van der Waals surface area contributed by atoms with E-state index in [0.717, 1.165) is 13.0 Å². The third kappa shape index (κ3) is 2.94. The van der Waals surface area contributed by atoms with Crippen molar-refractivity contribution in [2.24, 2.45) is 5.41 Å². The fourth-order valence-corrected chi connectivity index (χ4v) is 2.11. The van der Waals surface area contributed by atoms with Crippen molar-refractivity contribution in [2.45, 2.75) is 13.3 Å². The molecule has 0 aromatic carbocycles. The molecule has 1 aromatic heterocycles. The number of nitrogens with zero attached hydrogens (tertiary/aromatic N) is 1. The molecule has 1 atom stereocenters. The minimum atomic E-state index is 0.118. The Morgan fingerprint density at radius 2 is 2.54 bits per heavy atom. The fraction of sp³-hybridized carbons (Fsp3) is 0.500. The van der Waals surface area contributed by atoms with Gasteiger partial charge in [-0.15, -0.1) is 17.9 Å². The number of thiazole rings is 1. The van der Waals surface area contributed by atoms with Gasteiger partial charge in [-0.2, -0.15) is 0 Å². The Bertz CT molecular complexity index is 256. The van der Waals surface area contributed by atoms with Crippen LogP contribution in [0.1, 0.15) is 11.9 Å². The van der Waals surface area contributed by atoms with Crippen LogP contribution in [0.25, 0.3) is 0 Å². The van der Waals surface area contributed by atoms with E-state index >= 15 is 0 Å². The van der Waals surface area contributed by atoms with Crippen molar-refractivity contribution < 1.29 is 0 Å². The van der Waals surface area contributed by atoms with Crippen LogP contribution in [0.4, 0.5) is 0 Å². The molecule has 3 heteroatoms. The van der Waals surface area contributed by atoms with Crippen LogP contribution in [-0.2, 0) is 6.42 Å². The van der Waals surface area contributed by atoms with Crippen molar-refractivity contribution in [3.63, 3.8) is 0 Å². The lowest BCUT2D eigenvalue weighted by Crippen LogP contribution is -2.29. The lowest BCUT2D eigenvalue weighted by atomic mass is 9.87. The average Bonchev–Trinajstić information content (AvgIpc) is 2.57. The molecule has 1 aromatic rings. The Morgan fingerprint density at radius 3 is 3.00 bits per heavy atom. The second-order valence-electron chi connectivity index (χ2n) is 3.49. The zero-order valence-corrected chi connectivity index (χ0v) is 9.03. The molecule has 13 heavy (non-hydrogen) atoms. The molecule has 0 fully saturated rings. The molecular weight excluding hydrogens is 180 g/mol. The molecular formula is C10H16N2S. The first-order chi connectivity index (χ1) is 6.20. The summed E-state index contributed by atoms with van der Waals surface area (Å²) < 4.78 is 0. The summed E-state index contributed by atoms with van der Waals surface area (Å²) in [5.41, 5.74) is 0.118. The van der Waals surface area contributed by atoms with Gasteiger partial charge in [-0.25, -0.2) is 4.98 Å². The van der Waals surface area contributed by atoms with Gasteiger partial charge in [0.25, 0.3) is 0 Å². The Morgan fingerprint density at radius 1 is 1.77 bits per heavy atom. The average molecular weight is 196 g/mol. The molecule has 0 spiro atoms. The van der Waals surface area contributed by atoms with Gasteiger partial charge in [-0.3, -0.25) is 0 Å². The van der Waals surface area contributed by atoms with E-state index in [1.807, 2.05) is 24.7 Å². The predicted octanol–water partition coefficient (Wildman–Crippen LogP) is 2.10. The van der Waals surface area contributed by atoms with Gasteiger partial charge in [0.1, 0.15) is 0 Å². The Labute approximate surface area is 83.7 Å². The summed E-state index contributed by atoms with van der Waals surface area (Å²) in [5, 5.41) is 6.37. The Balaban J connectivity index is 2.63. The second-order valence-corrected chi connectivity index (χ2v) is 4.47. The molecule has 0 aliphatic rings. The molecule has 72 valence electrons. The van der Waals surface area contributed by atoms with Crippen molar-refractivity contribution >= 4 is 11.3 Å². The molecule has 0 saturated heterocycles. The zero-order valence-electron chi connectivity index (χ0n) is 8.21. The maximum atomic E-state index is 4.27. The third-order valence-corrected chi connectivity index (χ3v) is 2.89. The third-order valence-electron chi connectivity index (χ3n) is 2.11. The van der Waals surface area contributed by atoms with Gasteiger partial charge >= 0.3 is 0 Å². The monoisotopic (exact) mass is 196 g/mol. The summed E-state index contributed by atoms with van der Waals surface area (Å²) in [5.74, 6) is 0. The maximum absolute atomic E-state index is 4.27. The highest BCUT2D eigenvalue weighted by molar-refractivity contribution is 7.09. The van der Waals surface area contributed by atoms with E-state index in [9.17, 15) is 0 Å². The van der Waals surface area contributed by atoms with Crippen LogP contribution >= 0.6 is 11.3 Å². The summed E-state index contributed by atoms with van der Waals surface area (Å²) in [6.07, 6.45) is 4.82. The van der Waals surface area contributed by atoms with E-state index in [1.54, 1.807) is 11.3 Å². The van der Waals surface area contributed by atoms with Crippen LogP contribution in [0.5, 0.6) is 0 Å². The minimum absolute atomic E-state index is 0.118. The number of nitrogens with one attached hydrogen (secondary N) is 1. The highest BCUT2D eigenvalue weighted by Crippen LogP contribution is 2.23. The number of rotatable bonds is 5. The molecule has 0 aliphatic heterocycles. The first-order valence-electron chi connectivity index (χ1n) is 4.37. The van der Waals surface area contributed by atoms with Crippen LogP contribution in [-0.4, -0.2) is 18.6 Å². The molecule has 1 unspecified atom stereocenters. The molecule has 0 amide bonds. The number of aromatic nitrogens is 1. The van der Waals surface area contributed by atoms with E-state index < -0.39 is 0 Å². The summed E-state index contributed by atoms with van der Waals surface area (Å²) in [7, 11) is 1.96. The summed E-state index contributed by atoms with van der Waals surface area (Å²) in [6.45, 7) is 7.00. The quantitative estimate of drug-likeness (QED) is 0.729. The van der Waals surface area contributed by atoms with Gasteiger partial charge in [-0.1, -0.05) is 13.0 Å². The lowest BCUT2D eigenvalue weighted by molar-refractivity contribution is 0.405. The molecule has 0 radical (unpaired) electrons. The van der Waals surface area contributed by atoms with Gasteiger partial charge in [0, 0.05) is 30.0 Å². The zero-order chi connectivity index (χ0) is 9.73. The summed E-state index contributed by atoms with van der Waals surface area (Å²) >= 11 is 1.70. The van der Waals surface area contributed by atoms with E-state index in [0.29, 0.717) is 0 Å². The molecule has 0 aliphatic carbocycles. The van der Waals surface area contributed by atoms with Gasteiger partial charge in [0.15, 0.2) is 0 Å². The van der Waals surface area contributed by atoms with E-state index in [2.05, 4.69) is 23.8 Å². The molecule has 0 saturated carbocycles. The minimum Gasteiger partial charge on any atom is -0.319 e. The van der Waals surface area contributed by atoms with Gasteiger partial charge in [0.2, 0.25) is 0 Å². The molecule has 0 bridgehead atoms. The smallest absolute Gasteiger partial charge is 0.0933 e. The van der Waals surface area contributed by atoms with Gasteiger partial charge in [-0.05, 0) is 7.05 Å². The molecule has 1 heterocycles. The number of hydrogen-bond acceptors (Lipinski definition) is 3. The van der Waals surface area contributed by atoms with Crippen molar-refractivity contribution in [2.75, 3.05) is 13.6 Å². The molecule has 1 rings (SSSR count). The first-order valence-corrected chi connectivity index (χ1v) is 5.25. The number of hydrogen-bond donors (Lipinski definition) is 1. The Kier molecular flexibility index (Phi) is 3.63. The van der Waals surface area contributed by atoms with Crippen LogP contribution in [0.2, 0.25) is 0 Å². The second kappa shape index (κ2) is 4.53. The Hall–Kier alpha value is -0.670. The first kappa shape index (κ1) is 10.4. The maximum Gasteiger partial charge on any atom is 0.0933 e. The fourth-order valence-electron chi connectivity index (χ4n) is 1.30. The molecule has 1 N–H and O–H groups in total. The lowest BCUT2D eigenvalue weighted by Gasteiger charge is -2.23. The predicted molar refractivity (Wildman–Crippen MR) is 58.0 cm³/mol. The highest BCUT2D eigenvalue weighted by atomic mass is 32.1. The van der Waals surface area contributed by atoms with Crippen molar-refractivity contribution in [1.29, 1.82) is 0 Å². The van der Waals surface area contributed by atoms with E-state index in [1.165, 1.54) is 5.01 Å². The van der Waals surface area contributed by atoms with Crippen LogP contribution < -0.4 is 5.32 Å². The van der Waals surface area contributed by atoms with Gasteiger partial charge < -0.3 is 5.32 Å². The normalized spacial score (nSPS) is 15.2. The summed E-state index contributed by atoms with van der Waals surface area (Å²) in [4.78, 5) is 4.27. The SMILES string of the molecule is C=CC(C)(CNC)Cc1nccs1. The van der Waals surface area contributed by atoms with Crippen LogP contribution in [0.3, 0.4) is 0 Å². The van der Waals surface area contributed by atoms with Gasteiger partial charge in [0.05, 0.1) is 5.01 Å². The van der Waals surface area contributed by atoms with Crippen molar-refractivity contribution in [1.82, 2.24) is 10.3 Å².